The summed E-state index contributed by atoms with van der Waals surface area (Å²) in [6, 6.07) is 0. The molecule has 1 heterocycles. The SMILES string of the molecule is C=CCC1(C(O)C=C)CCCCCC12OCCO2. The van der Waals surface area contributed by atoms with Crippen molar-refractivity contribution in [1.29, 1.82) is 0 Å². The second-order valence-corrected chi connectivity index (χ2v) is 5.34. The van der Waals surface area contributed by atoms with Gasteiger partial charge >= 0.3 is 0 Å². The van der Waals surface area contributed by atoms with Gasteiger partial charge in [0.05, 0.1) is 24.7 Å². The number of hydrogen-bond acceptors (Lipinski definition) is 3. The quantitative estimate of drug-likeness (QED) is 0.782. The average Bonchev–Trinajstić information content (AvgIpc) is 2.78. The molecule has 0 bridgehead atoms. The standard InChI is InChI=1S/C15H24O3/c1-3-8-14(13(16)4-2)9-6-5-7-10-15(14)17-11-12-18-15/h3-4,13,16H,1-2,5-12H2. The van der Waals surface area contributed by atoms with Crippen molar-refractivity contribution in [2.75, 3.05) is 13.2 Å². The molecular formula is C15H24O3. The van der Waals surface area contributed by atoms with E-state index >= 15 is 0 Å². The van der Waals surface area contributed by atoms with Crippen molar-refractivity contribution in [2.24, 2.45) is 5.41 Å². The third-order valence-corrected chi connectivity index (χ3v) is 4.44. The second kappa shape index (κ2) is 5.55. The van der Waals surface area contributed by atoms with Crippen molar-refractivity contribution in [3.8, 4) is 0 Å². The van der Waals surface area contributed by atoms with Crippen LogP contribution in [0.4, 0.5) is 0 Å². The maximum atomic E-state index is 10.5. The van der Waals surface area contributed by atoms with Gasteiger partial charge in [-0.25, -0.2) is 0 Å². The number of rotatable bonds is 4. The van der Waals surface area contributed by atoms with Crippen molar-refractivity contribution >= 4 is 0 Å². The molecule has 0 radical (unpaired) electrons. The van der Waals surface area contributed by atoms with Gasteiger partial charge in [-0.1, -0.05) is 25.0 Å². The summed E-state index contributed by atoms with van der Waals surface area (Å²) in [5.74, 6) is -0.648. The minimum atomic E-state index is -0.648. The van der Waals surface area contributed by atoms with E-state index in [1.165, 1.54) is 0 Å². The van der Waals surface area contributed by atoms with Crippen LogP contribution in [0, 0.1) is 5.41 Å². The molecule has 1 spiro atoms. The highest BCUT2D eigenvalue weighted by Crippen LogP contribution is 2.52. The Bertz CT molecular complexity index is 307. The maximum absolute atomic E-state index is 10.5. The zero-order chi connectivity index (χ0) is 13.1. The number of allylic oxidation sites excluding steroid dienone is 1. The summed E-state index contributed by atoms with van der Waals surface area (Å²) in [4.78, 5) is 0. The van der Waals surface area contributed by atoms with Gasteiger partial charge in [-0.05, 0) is 19.3 Å². The minimum absolute atomic E-state index is 0.427. The summed E-state index contributed by atoms with van der Waals surface area (Å²) in [6.45, 7) is 8.83. The van der Waals surface area contributed by atoms with Gasteiger partial charge < -0.3 is 14.6 Å². The molecule has 18 heavy (non-hydrogen) atoms. The molecular weight excluding hydrogens is 228 g/mol. The van der Waals surface area contributed by atoms with Gasteiger partial charge in [-0.3, -0.25) is 0 Å². The normalized spacial score (nSPS) is 32.9. The molecule has 1 aliphatic carbocycles. The van der Waals surface area contributed by atoms with Crippen LogP contribution in [0.25, 0.3) is 0 Å². The topological polar surface area (TPSA) is 38.7 Å². The van der Waals surface area contributed by atoms with Crippen LogP contribution in [-0.4, -0.2) is 30.2 Å². The molecule has 1 saturated heterocycles. The highest BCUT2D eigenvalue weighted by atomic mass is 16.7. The summed E-state index contributed by atoms with van der Waals surface area (Å²) < 4.78 is 12.0. The van der Waals surface area contributed by atoms with Gasteiger partial charge in [0.15, 0.2) is 5.79 Å². The van der Waals surface area contributed by atoms with Crippen molar-refractivity contribution in [1.82, 2.24) is 0 Å². The Morgan fingerprint density at radius 3 is 2.39 bits per heavy atom. The fraction of sp³-hybridized carbons (Fsp3) is 0.733. The molecule has 0 amide bonds. The Kier molecular flexibility index (Phi) is 4.25. The van der Waals surface area contributed by atoms with E-state index < -0.39 is 17.3 Å². The average molecular weight is 252 g/mol. The second-order valence-electron chi connectivity index (χ2n) is 5.34. The Hall–Kier alpha value is -0.640. The predicted octanol–water partition coefficient (Wildman–Crippen LogP) is 2.80. The van der Waals surface area contributed by atoms with Crippen molar-refractivity contribution in [2.45, 2.75) is 50.4 Å². The van der Waals surface area contributed by atoms with E-state index in [4.69, 9.17) is 9.47 Å². The first-order valence-electron chi connectivity index (χ1n) is 6.90. The highest BCUT2D eigenvalue weighted by Gasteiger charge is 2.58. The van der Waals surface area contributed by atoms with E-state index in [1.54, 1.807) is 6.08 Å². The van der Waals surface area contributed by atoms with Crippen molar-refractivity contribution in [3.05, 3.63) is 25.3 Å². The first-order chi connectivity index (χ1) is 8.71. The van der Waals surface area contributed by atoms with Crippen LogP contribution < -0.4 is 0 Å². The lowest BCUT2D eigenvalue weighted by Gasteiger charge is -2.47. The van der Waals surface area contributed by atoms with Gasteiger partial charge in [-0.2, -0.15) is 0 Å². The van der Waals surface area contributed by atoms with Crippen LogP contribution in [0.15, 0.2) is 25.3 Å². The van der Waals surface area contributed by atoms with Gasteiger partial charge in [0.2, 0.25) is 0 Å². The van der Waals surface area contributed by atoms with Crippen LogP contribution in [0.2, 0.25) is 0 Å². The van der Waals surface area contributed by atoms with Crippen LogP contribution in [0.3, 0.4) is 0 Å². The van der Waals surface area contributed by atoms with Crippen LogP contribution in [0.1, 0.15) is 38.5 Å². The summed E-state index contributed by atoms with van der Waals surface area (Å²) in [5.41, 5.74) is -0.427. The first kappa shape index (κ1) is 13.8. The summed E-state index contributed by atoms with van der Waals surface area (Å²) in [5, 5.41) is 10.5. The number of ether oxygens (including phenoxy) is 2. The Balaban J connectivity index is 2.41. The number of hydrogen-bond donors (Lipinski definition) is 1. The van der Waals surface area contributed by atoms with Gasteiger partial charge in [0, 0.05) is 6.42 Å². The van der Waals surface area contributed by atoms with Crippen molar-refractivity contribution in [3.63, 3.8) is 0 Å². The molecule has 2 rings (SSSR count). The first-order valence-corrected chi connectivity index (χ1v) is 6.90. The fourth-order valence-electron chi connectivity index (χ4n) is 3.54. The van der Waals surface area contributed by atoms with E-state index in [-0.39, 0.29) is 0 Å². The summed E-state index contributed by atoms with van der Waals surface area (Å²) in [7, 11) is 0. The molecule has 1 saturated carbocycles. The molecule has 0 aromatic heterocycles. The van der Waals surface area contributed by atoms with E-state index in [2.05, 4.69) is 13.2 Å². The van der Waals surface area contributed by atoms with E-state index in [0.29, 0.717) is 19.6 Å². The van der Waals surface area contributed by atoms with Crippen LogP contribution in [-0.2, 0) is 9.47 Å². The van der Waals surface area contributed by atoms with Crippen LogP contribution >= 0.6 is 0 Å². The fourth-order valence-corrected chi connectivity index (χ4v) is 3.54. The smallest absolute Gasteiger partial charge is 0.177 e. The Morgan fingerprint density at radius 1 is 1.11 bits per heavy atom. The molecule has 2 unspecified atom stereocenters. The lowest BCUT2D eigenvalue weighted by atomic mass is 9.68. The van der Waals surface area contributed by atoms with E-state index in [9.17, 15) is 5.11 Å². The van der Waals surface area contributed by atoms with Gasteiger partial charge in [0.1, 0.15) is 0 Å². The Labute approximate surface area is 109 Å². The molecule has 0 aromatic carbocycles. The number of aliphatic hydroxyl groups excluding tert-OH is 1. The highest BCUT2D eigenvalue weighted by molar-refractivity contribution is 5.09. The maximum Gasteiger partial charge on any atom is 0.177 e. The Morgan fingerprint density at radius 2 is 1.78 bits per heavy atom. The van der Waals surface area contributed by atoms with E-state index in [0.717, 1.165) is 32.1 Å². The minimum Gasteiger partial charge on any atom is -0.388 e. The lowest BCUT2D eigenvalue weighted by molar-refractivity contribution is -0.261. The summed E-state index contributed by atoms with van der Waals surface area (Å²) in [6.07, 6.45) is 8.64. The van der Waals surface area contributed by atoms with Gasteiger partial charge in [-0.15, -0.1) is 13.2 Å². The largest absolute Gasteiger partial charge is 0.388 e. The lowest BCUT2D eigenvalue weighted by Crippen LogP contribution is -2.54. The molecule has 3 heteroatoms. The third-order valence-electron chi connectivity index (χ3n) is 4.44. The molecule has 1 aliphatic heterocycles. The molecule has 102 valence electrons. The third kappa shape index (κ3) is 2.04. The zero-order valence-corrected chi connectivity index (χ0v) is 11.1. The van der Waals surface area contributed by atoms with Gasteiger partial charge in [0.25, 0.3) is 0 Å². The molecule has 2 atom stereocenters. The monoisotopic (exact) mass is 252 g/mol. The van der Waals surface area contributed by atoms with E-state index in [1.807, 2.05) is 6.08 Å². The predicted molar refractivity (Wildman–Crippen MR) is 71.2 cm³/mol. The van der Waals surface area contributed by atoms with Crippen molar-refractivity contribution < 1.29 is 14.6 Å². The summed E-state index contributed by atoms with van der Waals surface area (Å²) >= 11 is 0. The molecule has 2 fully saturated rings. The molecule has 0 aromatic rings. The molecule has 3 nitrogen and oxygen atoms in total. The van der Waals surface area contributed by atoms with Crippen LogP contribution in [0.5, 0.6) is 0 Å². The zero-order valence-electron chi connectivity index (χ0n) is 11.1. The molecule has 2 aliphatic rings. The molecule has 1 N–H and O–H groups in total. The number of aliphatic hydroxyl groups is 1.